The van der Waals surface area contributed by atoms with Gasteiger partial charge in [0, 0.05) is 27.5 Å². The standard InChI is InChI=1S/C12H14FN3OS.C9H7NO2S/c1-12(4-5-18-11(14)16-12)8-2-3-9(13)10(6-8)15-7-17;1-6-4-7-5-8(10(11)12)2-3-9(7)13-6/h2-3,6-7H,4-5H2,1H3,(H2,14,16)(H,15,17);2-5H,1H3. The van der Waals surface area contributed by atoms with Crippen LogP contribution in [0.4, 0.5) is 15.8 Å². The smallest absolute Gasteiger partial charge is 0.270 e. The van der Waals surface area contributed by atoms with E-state index in [1.165, 1.54) is 28.8 Å². The van der Waals surface area contributed by atoms with Crippen molar-refractivity contribution in [2.45, 2.75) is 25.8 Å². The van der Waals surface area contributed by atoms with Crippen LogP contribution >= 0.6 is 23.1 Å². The number of thioether (sulfide) groups is 1. The number of non-ortho nitro benzene ring substituents is 1. The van der Waals surface area contributed by atoms with Gasteiger partial charge in [-0.25, -0.2) is 4.39 Å². The summed E-state index contributed by atoms with van der Waals surface area (Å²) in [4.78, 5) is 26.1. The minimum absolute atomic E-state index is 0.158. The fourth-order valence-electron chi connectivity index (χ4n) is 3.21. The molecule has 3 aromatic rings. The van der Waals surface area contributed by atoms with Crippen LogP contribution < -0.4 is 11.1 Å². The van der Waals surface area contributed by atoms with Gasteiger partial charge < -0.3 is 11.1 Å². The van der Waals surface area contributed by atoms with Gasteiger partial charge in [0.1, 0.15) is 5.82 Å². The molecule has 0 saturated heterocycles. The lowest BCUT2D eigenvalue weighted by molar-refractivity contribution is -0.384. The Kier molecular flexibility index (Phi) is 6.91. The van der Waals surface area contributed by atoms with Crippen molar-refractivity contribution >= 4 is 56.1 Å². The molecule has 1 atom stereocenters. The van der Waals surface area contributed by atoms with Gasteiger partial charge in [0.25, 0.3) is 5.69 Å². The van der Waals surface area contributed by atoms with E-state index in [9.17, 15) is 19.3 Å². The SMILES string of the molecule is CC1(c2ccc(F)c(NC=O)c2)CCSC(N)=N1.Cc1cc2cc([N+](=O)[O-])ccc2s1. The first kappa shape index (κ1) is 22.7. The van der Waals surface area contributed by atoms with Crippen molar-refractivity contribution in [1.29, 1.82) is 0 Å². The van der Waals surface area contributed by atoms with Crippen LogP contribution in [0.25, 0.3) is 10.1 Å². The van der Waals surface area contributed by atoms with Gasteiger partial charge in [-0.2, -0.15) is 0 Å². The number of nitrogens with one attached hydrogen (secondary N) is 1. The number of nitrogens with zero attached hydrogens (tertiary/aromatic N) is 2. The number of nitro benzene ring substituents is 1. The number of fused-ring (bicyclic) bond motifs is 1. The third-order valence-corrected chi connectivity index (χ3v) is 6.66. The maximum absolute atomic E-state index is 13.4. The minimum Gasteiger partial charge on any atom is -0.379 e. The third-order valence-electron chi connectivity index (χ3n) is 4.83. The van der Waals surface area contributed by atoms with Gasteiger partial charge >= 0.3 is 0 Å². The summed E-state index contributed by atoms with van der Waals surface area (Å²) in [6.45, 7) is 3.95. The number of aryl methyl sites for hydroxylation is 1. The molecule has 0 aliphatic carbocycles. The highest BCUT2D eigenvalue weighted by Gasteiger charge is 2.30. The molecule has 1 aliphatic heterocycles. The number of carbonyl (C=O) groups excluding carboxylic acids is 1. The van der Waals surface area contributed by atoms with Gasteiger partial charge in [-0.15, -0.1) is 11.3 Å². The van der Waals surface area contributed by atoms with Crippen molar-refractivity contribution in [2.24, 2.45) is 10.7 Å². The van der Waals surface area contributed by atoms with Gasteiger partial charge in [-0.05, 0) is 55.5 Å². The second kappa shape index (κ2) is 9.44. The van der Waals surface area contributed by atoms with Crippen LogP contribution in [-0.4, -0.2) is 22.3 Å². The number of anilines is 1. The average Bonchev–Trinajstić information content (AvgIpc) is 3.09. The molecule has 1 unspecified atom stereocenters. The number of amidine groups is 1. The third kappa shape index (κ3) is 5.39. The number of hydrogen-bond acceptors (Lipinski definition) is 7. The molecule has 1 aromatic heterocycles. The number of carbonyl (C=O) groups is 1. The molecule has 162 valence electrons. The number of nitrogens with two attached hydrogens (primary N) is 1. The summed E-state index contributed by atoms with van der Waals surface area (Å²) in [7, 11) is 0. The van der Waals surface area contributed by atoms with Gasteiger partial charge in [-0.3, -0.25) is 19.9 Å². The summed E-state index contributed by atoms with van der Waals surface area (Å²) >= 11 is 3.16. The van der Waals surface area contributed by atoms with E-state index in [0.29, 0.717) is 11.6 Å². The number of hydrogen-bond donors (Lipinski definition) is 2. The highest BCUT2D eigenvalue weighted by Crippen LogP contribution is 2.36. The van der Waals surface area contributed by atoms with E-state index in [2.05, 4.69) is 10.3 Å². The van der Waals surface area contributed by atoms with Crippen LogP contribution in [0.2, 0.25) is 0 Å². The minimum atomic E-state index is -0.461. The van der Waals surface area contributed by atoms with Crippen molar-refractivity contribution < 1.29 is 14.1 Å². The van der Waals surface area contributed by atoms with E-state index >= 15 is 0 Å². The summed E-state index contributed by atoms with van der Waals surface area (Å²) < 4.78 is 14.5. The zero-order valence-corrected chi connectivity index (χ0v) is 18.6. The number of aliphatic imine (C=N–C) groups is 1. The summed E-state index contributed by atoms with van der Waals surface area (Å²) in [6.07, 6.45) is 1.28. The molecule has 2 heterocycles. The van der Waals surface area contributed by atoms with Crippen molar-refractivity contribution in [2.75, 3.05) is 11.1 Å². The molecule has 10 heteroatoms. The molecule has 4 rings (SSSR count). The first-order chi connectivity index (χ1) is 14.7. The number of nitro groups is 1. The van der Waals surface area contributed by atoms with Gasteiger partial charge in [0.2, 0.25) is 6.41 Å². The monoisotopic (exact) mass is 460 g/mol. The second-order valence-electron chi connectivity index (χ2n) is 7.12. The number of benzene rings is 2. The summed E-state index contributed by atoms with van der Waals surface area (Å²) in [5.41, 5.74) is 6.45. The van der Waals surface area contributed by atoms with Crippen LogP contribution in [0.5, 0.6) is 0 Å². The molecule has 7 nitrogen and oxygen atoms in total. The quantitative estimate of drug-likeness (QED) is 0.317. The van der Waals surface area contributed by atoms with Crippen molar-refractivity contribution in [1.82, 2.24) is 0 Å². The van der Waals surface area contributed by atoms with Crippen LogP contribution in [-0.2, 0) is 10.3 Å². The highest BCUT2D eigenvalue weighted by molar-refractivity contribution is 8.13. The largest absolute Gasteiger partial charge is 0.379 e. The summed E-state index contributed by atoms with van der Waals surface area (Å²) in [6, 6.07) is 11.5. The Morgan fingerprint density at radius 3 is 2.74 bits per heavy atom. The van der Waals surface area contributed by atoms with Crippen molar-refractivity contribution in [3.63, 3.8) is 0 Å². The maximum Gasteiger partial charge on any atom is 0.270 e. The van der Waals surface area contributed by atoms with Gasteiger partial charge in [-0.1, -0.05) is 17.8 Å². The molecule has 0 radical (unpaired) electrons. The predicted molar refractivity (Wildman–Crippen MR) is 125 cm³/mol. The first-order valence-corrected chi connectivity index (χ1v) is 11.1. The first-order valence-electron chi connectivity index (χ1n) is 9.35. The number of halogens is 1. The molecule has 0 fully saturated rings. The molecule has 31 heavy (non-hydrogen) atoms. The maximum atomic E-state index is 13.4. The molecule has 0 saturated carbocycles. The average molecular weight is 461 g/mol. The van der Waals surface area contributed by atoms with Crippen LogP contribution in [0.15, 0.2) is 47.5 Å². The van der Waals surface area contributed by atoms with Crippen LogP contribution in [0.1, 0.15) is 23.8 Å². The number of rotatable bonds is 4. The summed E-state index contributed by atoms with van der Waals surface area (Å²) in [5.74, 6) is 0.413. The number of thiophene rings is 1. The highest BCUT2D eigenvalue weighted by atomic mass is 32.2. The molecule has 1 amide bonds. The predicted octanol–water partition coefficient (Wildman–Crippen LogP) is 5.18. The lowest BCUT2D eigenvalue weighted by Crippen LogP contribution is -2.28. The van der Waals surface area contributed by atoms with E-state index in [-0.39, 0.29) is 16.3 Å². The Bertz CT molecular complexity index is 1160. The normalized spacial score (nSPS) is 18.0. The van der Waals surface area contributed by atoms with Gasteiger partial charge in [0.15, 0.2) is 5.17 Å². The lowest BCUT2D eigenvalue weighted by atomic mass is 9.89. The number of amides is 1. The second-order valence-corrected chi connectivity index (χ2v) is 9.52. The Labute approximate surface area is 186 Å². The molecule has 2 aromatic carbocycles. The Morgan fingerprint density at radius 2 is 2.06 bits per heavy atom. The molecular formula is C21H21FN4O3S2. The zero-order valence-electron chi connectivity index (χ0n) is 16.9. The zero-order chi connectivity index (χ0) is 22.6. The van der Waals surface area contributed by atoms with Crippen molar-refractivity contribution in [3.05, 3.63) is 68.8 Å². The lowest BCUT2D eigenvalue weighted by Gasteiger charge is -2.30. The van der Waals surface area contributed by atoms with Crippen LogP contribution in [0.3, 0.4) is 0 Å². The fraction of sp³-hybridized carbons (Fsp3) is 0.238. The molecular weight excluding hydrogens is 439 g/mol. The molecule has 0 spiro atoms. The van der Waals surface area contributed by atoms with E-state index < -0.39 is 11.4 Å². The Balaban J connectivity index is 0.000000185. The molecule has 3 N–H and O–H groups in total. The summed E-state index contributed by atoms with van der Waals surface area (Å²) in [5, 5.41) is 14.3. The van der Waals surface area contributed by atoms with E-state index in [4.69, 9.17) is 5.73 Å². The molecule has 0 bridgehead atoms. The molecule has 1 aliphatic rings. The fourth-order valence-corrected chi connectivity index (χ4v) is 5.09. The van der Waals surface area contributed by atoms with E-state index in [1.807, 2.05) is 19.9 Å². The van der Waals surface area contributed by atoms with E-state index in [1.54, 1.807) is 35.6 Å². The van der Waals surface area contributed by atoms with E-state index in [0.717, 1.165) is 27.8 Å². The van der Waals surface area contributed by atoms with Gasteiger partial charge in [0.05, 0.1) is 16.1 Å². The van der Waals surface area contributed by atoms with Crippen molar-refractivity contribution in [3.8, 4) is 0 Å². The van der Waals surface area contributed by atoms with Crippen LogP contribution in [0, 0.1) is 22.9 Å². The Hall–Kier alpha value is -2.98. The topological polar surface area (TPSA) is 111 Å². The Morgan fingerprint density at radius 1 is 1.29 bits per heavy atom.